The van der Waals surface area contributed by atoms with E-state index in [1.807, 2.05) is 47.4 Å². The zero-order valence-electron chi connectivity index (χ0n) is 19.1. The number of hydrogen-bond acceptors (Lipinski definition) is 7. The summed E-state index contributed by atoms with van der Waals surface area (Å²) in [6.45, 7) is 2.87. The lowest BCUT2D eigenvalue weighted by atomic mass is 10.2. The number of para-hydroxylation sites is 1. The monoisotopic (exact) mass is 516 g/mol. The van der Waals surface area contributed by atoms with Crippen LogP contribution < -0.4 is 29.9 Å². The lowest BCUT2D eigenvalue weighted by Gasteiger charge is -2.37. The van der Waals surface area contributed by atoms with E-state index < -0.39 is 11.9 Å². The smallest absolute Gasteiger partial charge is 0.433 e. The van der Waals surface area contributed by atoms with Crippen molar-refractivity contribution in [1.82, 2.24) is 15.3 Å². The van der Waals surface area contributed by atoms with Gasteiger partial charge in [0.05, 0.1) is 0 Å². The Kier molecular flexibility index (Phi) is 6.68. The lowest BCUT2D eigenvalue weighted by molar-refractivity contribution is -0.141. The molecule has 2 aliphatic rings. The second-order valence-electron chi connectivity index (χ2n) is 8.24. The summed E-state index contributed by atoms with van der Waals surface area (Å²) in [5.41, 5.74) is 0.918. The fourth-order valence-electron chi connectivity index (χ4n) is 4.01. The SMILES string of the molecule is FC(F)(F)c1cc(N2CCN(c3ccccc3)CC2)nc(NC(=S)NCc2ccc3c(c2)OCO3)n1. The van der Waals surface area contributed by atoms with Gasteiger partial charge >= 0.3 is 6.18 Å². The van der Waals surface area contributed by atoms with Crippen LogP contribution in [-0.4, -0.2) is 48.1 Å². The number of anilines is 3. The average Bonchev–Trinajstić information content (AvgIpc) is 3.35. The van der Waals surface area contributed by atoms with E-state index in [0.717, 1.165) is 17.3 Å². The van der Waals surface area contributed by atoms with Crippen molar-refractivity contribution >= 4 is 34.8 Å². The van der Waals surface area contributed by atoms with Gasteiger partial charge in [-0.05, 0) is 42.0 Å². The number of nitrogens with zero attached hydrogens (tertiary/aromatic N) is 4. The number of ether oxygens (including phenoxy) is 2. The molecular formula is C24H23F3N6O2S. The molecule has 2 aliphatic heterocycles. The third kappa shape index (κ3) is 5.54. The minimum absolute atomic E-state index is 0.104. The Labute approximate surface area is 211 Å². The molecule has 0 atom stereocenters. The van der Waals surface area contributed by atoms with E-state index >= 15 is 0 Å². The van der Waals surface area contributed by atoms with Crippen LogP contribution in [0, 0.1) is 0 Å². The summed E-state index contributed by atoms with van der Waals surface area (Å²) in [4.78, 5) is 12.0. The van der Waals surface area contributed by atoms with Crippen LogP contribution in [0.15, 0.2) is 54.6 Å². The van der Waals surface area contributed by atoms with E-state index in [9.17, 15) is 13.2 Å². The molecule has 0 spiro atoms. The van der Waals surface area contributed by atoms with Crippen LogP contribution in [0.3, 0.4) is 0 Å². The van der Waals surface area contributed by atoms with Crippen LogP contribution in [0.4, 0.5) is 30.6 Å². The van der Waals surface area contributed by atoms with Gasteiger partial charge in [-0.15, -0.1) is 0 Å². The maximum Gasteiger partial charge on any atom is 0.433 e. The van der Waals surface area contributed by atoms with Gasteiger partial charge < -0.3 is 29.9 Å². The Bertz CT molecular complexity index is 1240. The highest BCUT2D eigenvalue weighted by molar-refractivity contribution is 7.80. The Balaban J connectivity index is 1.25. The number of piperazine rings is 1. The molecule has 3 heterocycles. The van der Waals surface area contributed by atoms with E-state index in [0.29, 0.717) is 44.2 Å². The Morgan fingerprint density at radius 2 is 1.64 bits per heavy atom. The molecule has 2 N–H and O–H groups in total. The largest absolute Gasteiger partial charge is 0.454 e. The molecule has 0 bridgehead atoms. The van der Waals surface area contributed by atoms with Gasteiger partial charge in [0.15, 0.2) is 22.3 Å². The van der Waals surface area contributed by atoms with E-state index in [-0.39, 0.29) is 23.7 Å². The van der Waals surface area contributed by atoms with Crippen molar-refractivity contribution in [1.29, 1.82) is 0 Å². The minimum Gasteiger partial charge on any atom is -0.454 e. The fourth-order valence-corrected chi connectivity index (χ4v) is 4.17. The Morgan fingerprint density at radius 3 is 2.39 bits per heavy atom. The van der Waals surface area contributed by atoms with E-state index in [1.54, 1.807) is 6.07 Å². The maximum atomic E-state index is 13.6. The molecule has 0 saturated carbocycles. The van der Waals surface area contributed by atoms with Crippen LogP contribution in [0.1, 0.15) is 11.3 Å². The Hall–Kier alpha value is -3.80. The first kappa shape index (κ1) is 23.9. The fraction of sp³-hybridized carbons (Fsp3) is 0.292. The predicted octanol–water partition coefficient (Wildman–Crippen LogP) is 4.04. The molecule has 3 aromatic rings. The number of rotatable bonds is 5. The quantitative estimate of drug-likeness (QED) is 0.489. The highest BCUT2D eigenvalue weighted by atomic mass is 32.1. The number of fused-ring (bicyclic) bond motifs is 1. The number of alkyl halides is 3. The van der Waals surface area contributed by atoms with E-state index in [4.69, 9.17) is 21.7 Å². The summed E-state index contributed by atoms with van der Waals surface area (Å²) in [6, 6.07) is 16.3. The molecule has 0 aliphatic carbocycles. The zero-order valence-corrected chi connectivity index (χ0v) is 19.9. The first-order valence-electron chi connectivity index (χ1n) is 11.3. The molecule has 36 heavy (non-hydrogen) atoms. The van der Waals surface area contributed by atoms with Gasteiger partial charge in [0, 0.05) is 44.5 Å². The van der Waals surface area contributed by atoms with Crippen LogP contribution in [0.25, 0.3) is 0 Å². The summed E-state index contributed by atoms with van der Waals surface area (Å²) >= 11 is 5.28. The summed E-state index contributed by atoms with van der Waals surface area (Å²) < 4.78 is 51.4. The van der Waals surface area contributed by atoms with Gasteiger partial charge in [-0.25, -0.2) is 4.98 Å². The summed E-state index contributed by atoms with van der Waals surface area (Å²) in [6.07, 6.45) is -4.62. The highest BCUT2D eigenvalue weighted by Crippen LogP contribution is 2.33. The van der Waals surface area contributed by atoms with Gasteiger partial charge in [-0.2, -0.15) is 18.2 Å². The number of hydrogen-bond donors (Lipinski definition) is 2. The highest BCUT2D eigenvalue weighted by Gasteiger charge is 2.34. The Morgan fingerprint density at radius 1 is 0.917 bits per heavy atom. The normalized spacial score (nSPS) is 15.1. The number of thiocarbonyl (C=S) groups is 1. The molecule has 0 unspecified atom stereocenters. The van der Waals surface area contributed by atoms with Crippen LogP contribution in [-0.2, 0) is 12.7 Å². The average molecular weight is 517 g/mol. The van der Waals surface area contributed by atoms with Crippen molar-refractivity contribution in [3.8, 4) is 11.5 Å². The third-order valence-corrected chi connectivity index (χ3v) is 6.09. The molecule has 0 amide bonds. The van der Waals surface area contributed by atoms with Gasteiger partial charge in [0.1, 0.15) is 5.82 Å². The molecule has 1 fully saturated rings. The van der Waals surface area contributed by atoms with Crippen molar-refractivity contribution < 1.29 is 22.6 Å². The van der Waals surface area contributed by atoms with Crippen LogP contribution >= 0.6 is 12.2 Å². The number of nitrogens with one attached hydrogen (secondary N) is 2. The molecule has 8 nitrogen and oxygen atoms in total. The van der Waals surface area contributed by atoms with E-state index in [1.165, 1.54) is 0 Å². The minimum atomic E-state index is -4.62. The second-order valence-corrected chi connectivity index (χ2v) is 8.65. The van der Waals surface area contributed by atoms with Gasteiger partial charge in [-0.1, -0.05) is 24.3 Å². The number of halogens is 3. The maximum absolute atomic E-state index is 13.6. The summed E-state index contributed by atoms with van der Waals surface area (Å²) in [7, 11) is 0. The standard InChI is InChI=1S/C24H23F3N6O2S/c25-24(26,27)20-13-21(33-10-8-32(9-11-33)17-4-2-1-3-5-17)30-22(29-20)31-23(36)28-14-16-6-7-18-19(12-16)35-15-34-18/h1-7,12-13H,8-11,14-15H2,(H2,28,29,30,31,36). The van der Waals surface area contributed by atoms with Crippen LogP contribution in [0.5, 0.6) is 11.5 Å². The molecule has 188 valence electrons. The summed E-state index contributed by atoms with van der Waals surface area (Å²) in [5, 5.41) is 5.76. The van der Waals surface area contributed by atoms with Crippen LogP contribution in [0.2, 0.25) is 0 Å². The molecule has 1 aromatic heterocycles. The molecule has 1 saturated heterocycles. The van der Waals surface area contributed by atoms with Gasteiger partial charge in [0.25, 0.3) is 0 Å². The number of aromatic nitrogens is 2. The molecule has 0 radical (unpaired) electrons. The summed E-state index contributed by atoms with van der Waals surface area (Å²) in [5.74, 6) is 1.28. The van der Waals surface area contributed by atoms with Crippen molar-refractivity contribution in [2.75, 3.05) is 48.1 Å². The van der Waals surface area contributed by atoms with E-state index in [2.05, 4.69) is 25.5 Å². The molecule has 12 heteroatoms. The van der Waals surface area contributed by atoms with Crippen molar-refractivity contribution in [2.24, 2.45) is 0 Å². The zero-order chi connectivity index (χ0) is 25.1. The topological polar surface area (TPSA) is 74.8 Å². The van der Waals surface area contributed by atoms with Gasteiger partial charge in [0.2, 0.25) is 12.7 Å². The van der Waals surface area contributed by atoms with Crippen molar-refractivity contribution in [3.05, 3.63) is 65.9 Å². The van der Waals surface area contributed by atoms with Crippen molar-refractivity contribution in [3.63, 3.8) is 0 Å². The molecular weight excluding hydrogens is 493 g/mol. The van der Waals surface area contributed by atoms with Gasteiger partial charge in [-0.3, -0.25) is 0 Å². The predicted molar refractivity (Wildman–Crippen MR) is 134 cm³/mol. The molecule has 5 rings (SSSR count). The molecule has 2 aromatic carbocycles. The lowest BCUT2D eigenvalue weighted by Crippen LogP contribution is -2.47. The third-order valence-electron chi connectivity index (χ3n) is 5.84. The second kappa shape index (κ2) is 10.1. The first-order valence-corrected chi connectivity index (χ1v) is 11.7. The van der Waals surface area contributed by atoms with Crippen molar-refractivity contribution in [2.45, 2.75) is 12.7 Å². The first-order chi connectivity index (χ1) is 17.3. The number of benzene rings is 2.